The van der Waals surface area contributed by atoms with Gasteiger partial charge in [-0.05, 0) is 23.8 Å². The molecule has 2 aromatic carbocycles. The number of halogens is 1. The summed E-state index contributed by atoms with van der Waals surface area (Å²) in [6.07, 6.45) is 0.986. The van der Waals surface area contributed by atoms with E-state index in [1.807, 2.05) is 6.07 Å². The van der Waals surface area contributed by atoms with Crippen molar-refractivity contribution in [1.29, 1.82) is 5.26 Å². The fraction of sp³-hybridized carbons (Fsp3) is 0.222. The van der Waals surface area contributed by atoms with Crippen molar-refractivity contribution in [2.24, 2.45) is 0 Å². The van der Waals surface area contributed by atoms with Crippen LogP contribution in [-0.4, -0.2) is 19.0 Å². The molecular formula is C18H17ClN3O+. The normalized spacial score (nSPS) is 16.3. The van der Waals surface area contributed by atoms with E-state index in [0.717, 1.165) is 19.5 Å². The van der Waals surface area contributed by atoms with Crippen molar-refractivity contribution in [2.45, 2.75) is 13.0 Å². The largest absolute Gasteiger partial charge is 0.323 e. The Hall–Kier alpha value is -2.35. The fourth-order valence-electron chi connectivity index (χ4n) is 2.93. The first-order valence-electron chi connectivity index (χ1n) is 7.55. The Morgan fingerprint density at radius 1 is 1.26 bits per heavy atom. The first-order chi connectivity index (χ1) is 11.2. The van der Waals surface area contributed by atoms with E-state index in [-0.39, 0.29) is 5.91 Å². The van der Waals surface area contributed by atoms with Crippen LogP contribution in [0.4, 0.5) is 5.69 Å². The first kappa shape index (κ1) is 15.5. The summed E-state index contributed by atoms with van der Waals surface area (Å²) in [6, 6.07) is 15.3. The van der Waals surface area contributed by atoms with E-state index >= 15 is 0 Å². The van der Waals surface area contributed by atoms with Gasteiger partial charge in [-0.25, -0.2) is 0 Å². The summed E-state index contributed by atoms with van der Waals surface area (Å²) < 4.78 is 0. The van der Waals surface area contributed by atoms with E-state index < -0.39 is 0 Å². The van der Waals surface area contributed by atoms with Crippen molar-refractivity contribution in [2.75, 3.05) is 18.4 Å². The van der Waals surface area contributed by atoms with Gasteiger partial charge in [-0.3, -0.25) is 4.79 Å². The number of carbonyl (C=O) groups excluding carboxylic acids is 1. The lowest BCUT2D eigenvalue weighted by atomic mass is 10.00. The third-order valence-corrected chi connectivity index (χ3v) is 4.33. The maximum atomic E-state index is 12.3. The molecule has 0 spiro atoms. The second-order valence-corrected chi connectivity index (χ2v) is 6.16. The van der Waals surface area contributed by atoms with Crippen molar-refractivity contribution in [3.63, 3.8) is 0 Å². The highest BCUT2D eigenvalue weighted by Crippen LogP contribution is 2.20. The maximum Gasteiger partial charge on any atom is 0.279 e. The van der Waals surface area contributed by atoms with Crippen molar-refractivity contribution >= 4 is 23.2 Å². The zero-order chi connectivity index (χ0) is 16.2. The van der Waals surface area contributed by atoms with Gasteiger partial charge in [0.25, 0.3) is 5.91 Å². The number of nitrogens with one attached hydrogen (secondary N) is 2. The molecule has 5 heteroatoms. The van der Waals surface area contributed by atoms with Crippen molar-refractivity contribution in [1.82, 2.24) is 0 Å². The predicted molar refractivity (Wildman–Crippen MR) is 89.3 cm³/mol. The Balaban J connectivity index is 1.65. The molecule has 0 bridgehead atoms. The van der Waals surface area contributed by atoms with E-state index in [0.29, 0.717) is 22.8 Å². The molecular weight excluding hydrogens is 310 g/mol. The molecule has 1 amide bonds. The van der Waals surface area contributed by atoms with Crippen molar-refractivity contribution < 1.29 is 9.69 Å². The molecule has 0 saturated heterocycles. The van der Waals surface area contributed by atoms with Gasteiger partial charge in [0.2, 0.25) is 0 Å². The summed E-state index contributed by atoms with van der Waals surface area (Å²) in [5.74, 6) is -0.0989. The molecule has 1 atom stereocenters. The van der Waals surface area contributed by atoms with Crippen LogP contribution in [0.25, 0.3) is 0 Å². The third kappa shape index (κ3) is 3.70. The van der Waals surface area contributed by atoms with E-state index in [4.69, 9.17) is 16.9 Å². The molecule has 116 valence electrons. The number of nitriles is 1. The minimum absolute atomic E-state index is 0.0989. The smallest absolute Gasteiger partial charge is 0.279 e. The summed E-state index contributed by atoms with van der Waals surface area (Å²) >= 11 is 5.94. The second kappa shape index (κ2) is 6.82. The second-order valence-electron chi connectivity index (χ2n) is 5.72. The van der Waals surface area contributed by atoms with Gasteiger partial charge in [0, 0.05) is 17.0 Å². The molecule has 1 aliphatic heterocycles. The highest BCUT2D eigenvalue weighted by molar-refractivity contribution is 6.31. The Kier molecular flexibility index (Phi) is 4.61. The number of hydrogen-bond acceptors (Lipinski definition) is 2. The SMILES string of the molecule is N#Cc1ccc(Cl)cc1NC(=O)C[NH+]1CCc2ccccc2C1. The molecule has 2 aromatic rings. The monoisotopic (exact) mass is 326 g/mol. The molecule has 4 nitrogen and oxygen atoms in total. The number of hydrogen-bond donors (Lipinski definition) is 2. The molecule has 1 unspecified atom stereocenters. The van der Waals surface area contributed by atoms with Crippen molar-refractivity contribution in [3.05, 3.63) is 64.2 Å². The van der Waals surface area contributed by atoms with Crippen LogP contribution in [-0.2, 0) is 17.8 Å². The zero-order valence-corrected chi connectivity index (χ0v) is 13.4. The maximum absolute atomic E-state index is 12.3. The summed E-state index contributed by atoms with van der Waals surface area (Å²) in [5, 5.41) is 12.4. The Labute approximate surface area is 140 Å². The van der Waals surface area contributed by atoms with Crippen LogP contribution in [0.1, 0.15) is 16.7 Å². The zero-order valence-electron chi connectivity index (χ0n) is 12.6. The van der Waals surface area contributed by atoms with Gasteiger partial charge in [0.05, 0.1) is 17.8 Å². The van der Waals surface area contributed by atoms with Crippen LogP contribution in [0.2, 0.25) is 5.02 Å². The lowest BCUT2D eigenvalue weighted by Crippen LogP contribution is -3.12. The quantitative estimate of drug-likeness (QED) is 0.903. The van der Waals surface area contributed by atoms with Crippen LogP contribution < -0.4 is 10.2 Å². The Bertz CT molecular complexity index is 782. The summed E-state index contributed by atoms with van der Waals surface area (Å²) in [6.45, 7) is 2.17. The molecule has 1 heterocycles. The van der Waals surface area contributed by atoms with Crippen molar-refractivity contribution in [3.8, 4) is 6.07 Å². The van der Waals surface area contributed by atoms with Gasteiger partial charge >= 0.3 is 0 Å². The van der Waals surface area contributed by atoms with Gasteiger partial charge in [-0.2, -0.15) is 5.26 Å². The minimum Gasteiger partial charge on any atom is -0.323 e. The first-order valence-corrected chi connectivity index (χ1v) is 7.93. The number of carbonyl (C=O) groups is 1. The van der Waals surface area contributed by atoms with Crippen LogP contribution in [0.3, 0.4) is 0 Å². The molecule has 3 rings (SSSR count). The summed E-state index contributed by atoms with van der Waals surface area (Å²) in [4.78, 5) is 13.5. The van der Waals surface area contributed by atoms with Gasteiger partial charge in [0.15, 0.2) is 6.54 Å². The number of amides is 1. The molecule has 0 saturated carbocycles. The molecule has 0 aromatic heterocycles. The average molecular weight is 327 g/mol. The van der Waals surface area contributed by atoms with Crippen LogP contribution in [0.5, 0.6) is 0 Å². The number of rotatable bonds is 3. The highest BCUT2D eigenvalue weighted by Gasteiger charge is 2.21. The standard InChI is InChI=1S/C18H16ClN3O/c19-16-6-5-14(10-20)17(9-16)21-18(23)12-22-8-7-13-3-1-2-4-15(13)11-22/h1-6,9H,7-8,11-12H2,(H,21,23)/p+1. The van der Waals surface area contributed by atoms with E-state index in [1.54, 1.807) is 18.2 Å². The molecule has 0 radical (unpaired) electrons. The van der Waals surface area contributed by atoms with E-state index in [9.17, 15) is 4.79 Å². The number of quaternary nitrogens is 1. The van der Waals surface area contributed by atoms with Crippen LogP contribution >= 0.6 is 11.6 Å². The van der Waals surface area contributed by atoms with E-state index in [2.05, 4.69) is 29.6 Å². The molecule has 2 N–H and O–H groups in total. The topological polar surface area (TPSA) is 57.3 Å². The molecule has 0 fully saturated rings. The van der Waals surface area contributed by atoms with Crippen LogP contribution in [0.15, 0.2) is 42.5 Å². The molecule has 0 aliphatic carbocycles. The predicted octanol–water partition coefficient (Wildman–Crippen LogP) is 1.79. The lowest BCUT2D eigenvalue weighted by Gasteiger charge is -2.25. The number of nitrogens with zero attached hydrogens (tertiary/aromatic N) is 1. The number of benzene rings is 2. The minimum atomic E-state index is -0.0989. The molecule has 23 heavy (non-hydrogen) atoms. The highest BCUT2D eigenvalue weighted by atomic mass is 35.5. The van der Waals surface area contributed by atoms with E-state index in [1.165, 1.54) is 16.0 Å². The lowest BCUT2D eigenvalue weighted by molar-refractivity contribution is -0.907. The fourth-order valence-corrected chi connectivity index (χ4v) is 3.10. The van der Waals surface area contributed by atoms with Gasteiger partial charge < -0.3 is 10.2 Å². The third-order valence-electron chi connectivity index (χ3n) is 4.09. The van der Waals surface area contributed by atoms with Crippen LogP contribution in [0, 0.1) is 11.3 Å². The number of fused-ring (bicyclic) bond motifs is 1. The van der Waals surface area contributed by atoms with Gasteiger partial charge in [0.1, 0.15) is 12.6 Å². The average Bonchev–Trinajstić information content (AvgIpc) is 2.55. The Morgan fingerprint density at radius 3 is 2.83 bits per heavy atom. The van der Waals surface area contributed by atoms with Gasteiger partial charge in [-0.15, -0.1) is 0 Å². The molecule has 1 aliphatic rings. The summed E-state index contributed by atoms with van der Waals surface area (Å²) in [5.41, 5.74) is 3.57. The Morgan fingerprint density at radius 2 is 2.04 bits per heavy atom. The van der Waals surface area contributed by atoms with Gasteiger partial charge in [-0.1, -0.05) is 35.9 Å². The number of anilines is 1. The summed E-state index contributed by atoms with van der Waals surface area (Å²) in [7, 11) is 0.